The van der Waals surface area contributed by atoms with Crippen LogP contribution < -0.4 is 5.73 Å². The summed E-state index contributed by atoms with van der Waals surface area (Å²) in [5.74, 6) is -0.196. The van der Waals surface area contributed by atoms with Crippen LogP contribution in [0.3, 0.4) is 0 Å². The maximum Gasteiger partial charge on any atom is 0.123 e. The lowest BCUT2D eigenvalue weighted by Gasteiger charge is -2.03. The summed E-state index contributed by atoms with van der Waals surface area (Å²) in [7, 11) is 0. The minimum atomic E-state index is -0.196. The lowest BCUT2D eigenvalue weighted by molar-refractivity contribution is 0.626. The van der Waals surface area contributed by atoms with Gasteiger partial charge in [0, 0.05) is 6.04 Å². The van der Waals surface area contributed by atoms with Crippen molar-refractivity contribution >= 4 is 12.4 Å². The smallest absolute Gasteiger partial charge is 0.123 e. The van der Waals surface area contributed by atoms with Gasteiger partial charge >= 0.3 is 0 Å². The van der Waals surface area contributed by atoms with Crippen molar-refractivity contribution < 1.29 is 4.39 Å². The third kappa shape index (κ3) is 3.69. The number of hydrogen-bond donors (Lipinski definition) is 1. The fourth-order valence-electron chi connectivity index (χ4n) is 0.992. The van der Waals surface area contributed by atoms with Gasteiger partial charge in [-0.25, -0.2) is 4.39 Å². The maximum atomic E-state index is 12.4. The molecule has 0 aromatic heterocycles. The van der Waals surface area contributed by atoms with Crippen LogP contribution in [-0.4, -0.2) is 6.04 Å². The van der Waals surface area contributed by atoms with Crippen LogP contribution in [0.5, 0.6) is 0 Å². The highest BCUT2D eigenvalue weighted by atomic mass is 35.5. The first-order valence-electron chi connectivity index (χ1n) is 3.68. The van der Waals surface area contributed by atoms with Crippen molar-refractivity contribution in [3.05, 3.63) is 35.6 Å². The first kappa shape index (κ1) is 11.4. The van der Waals surface area contributed by atoms with Gasteiger partial charge in [-0.1, -0.05) is 12.1 Å². The van der Waals surface area contributed by atoms with Crippen molar-refractivity contribution in [3.8, 4) is 0 Å². The molecule has 1 atom stereocenters. The maximum absolute atomic E-state index is 12.4. The topological polar surface area (TPSA) is 26.0 Å². The van der Waals surface area contributed by atoms with Crippen molar-refractivity contribution in [2.75, 3.05) is 0 Å². The van der Waals surface area contributed by atoms with Gasteiger partial charge in [-0.3, -0.25) is 0 Å². The lowest BCUT2D eigenvalue weighted by Crippen LogP contribution is -2.17. The standard InChI is InChI=1S/C9H12FN.ClH/c1-7(11)6-8-2-4-9(10)5-3-8;/h2-5,7H,6,11H2,1H3;1H/t7-;/m1./s1. The van der Waals surface area contributed by atoms with Crippen LogP contribution >= 0.6 is 12.4 Å². The first-order chi connectivity index (χ1) is 5.18. The minimum Gasteiger partial charge on any atom is -0.328 e. The molecule has 0 saturated carbocycles. The van der Waals surface area contributed by atoms with Crippen molar-refractivity contribution in [3.63, 3.8) is 0 Å². The highest BCUT2D eigenvalue weighted by Crippen LogP contribution is 2.04. The zero-order valence-electron chi connectivity index (χ0n) is 6.96. The molecule has 0 bridgehead atoms. The number of hydrogen-bond acceptors (Lipinski definition) is 1. The van der Waals surface area contributed by atoms with E-state index >= 15 is 0 Å². The van der Waals surface area contributed by atoms with E-state index in [4.69, 9.17) is 5.73 Å². The monoisotopic (exact) mass is 189 g/mol. The Balaban J connectivity index is 0.00000121. The molecule has 0 aliphatic rings. The van der Waals surface area contributed by atoms with E-state index in [1.54, 1.807) is 12.1 Å². The average Bonchev–Trinajstić information content (AvgIpc) is 1.93. The zero-order chi connectivity index (χ0) is 8.27. The molecule has 0 fully saturated rings. The molecule has 1 nitrogen and oxygen atoms in total. The molecular formula is C9H13ClFN. The Bertz CT molecular complexity index is 220. The molecule has 0 unspecified atom stereocenters. The van der Waals surface area contributed by atoms with Crippen molar-refractivity contribution in [2.24, 2.45) is 5.73 Å². The second kappa shape index (κ2) is 5.12. The van der Waals surface area contributed by atoms with Gasteiger partial charge in [0.2, 0.25) is 0 Å². The molecule has 0 amide bonds. The molecule has 3 heteroatoms. The van der Waals surface area contributed by atoms with E-state index < -0.39 is 0 Å². The molecule has 1 aromatic carbocycles. The fourth-order valence-corrected chi connectivity index (χ4v) is 0.992. The average molecular weight is 190 g/mol. The van der Waals surface area contributed by atoms with E-state index in [1.807, 2.05) is 6.92 Å². The van der Waals surface area contributed by atoms with E-state index in [9.17, 15) is 4.39 Å². The van der Waals surface area contributed by atoms with Crippen LogP contribution in [0.1, 0.15) is 12.5 Å². The zero-order valence-corrected chi connectivity index (χ0v) is 7.77. The highest BCUT2D eigenvalue weighted by Gasteiger charge is 1.96. The Kier molecular flexibility index (Phi) is 4.86. The molecule has 0 aliphatic heterocycles. The van der Waals surface area contributed by atoms with Gasteiger partial charge in [0.1, 0.15) is 5.82 Å². The third-order valence-electron chi connectivity index (χ3n) is 1.47. The van der Waals surface area contributed by atoms with Crippen LogP contribution in [0.25, 0.3) is 0 Å². The van der Waals surface area contributed by atoms with Crippen LogP contribution in [0.15, 0.2) is 24.3 Å². The lowest BCUT2D eigenvalue weighted by atomic mass is 10.1. The normalized spacial score (nSPS) is 11.9. The molecule has 1 rings (SSSR count). The molecule has 68 valence electrons. The Morgan fingerprint density at radius 2 is 1.83 bits per heavy atom. The van der Waals surface area contributed by atoms with Gasteiger partial charge < -0.3 is 5.73 Å². The molecular weight excluding hydrogens is 177 g/mol. The van der Waals surface area contributed by atoms with E-state index in [2.05, 4.69) is 0 Å². The van der Waals surface area contributed by atoms with E-state index in [1.165, 1.54) is 12.1 Å². The predicted octanol–water partition coefficient (Wildman–Crippen LogP) is 2.14. The summed E-state index contributed by atoms with van der Waals surface area (Å²) in [6.07, 6.45) is 0.806. The predicted molar refractivity (Wildman–Crippen MR) is 51.0 cm³/mol. The van der Waals surface area contributed by atoms with Gasteiger partial charge in [-0.05, 0) is 31.0 Å². The number of halogens is 2. The summed E-state index contributed by atoms with van der Waals surface area (Å²) >= 11 is 0. The molecule has 0 spiro atoms. The Morgan fingerprint density at radius 1 is 1.33 bits per heavy atom. The molecule has 0 radical (unpaired) electrons. The third-order valence-corrected chi connectivity index (χ3v) is 1.47. The molecule has 0 heterocycles. The van der Waals surface area contributed by atoms with Gasteiger partial charge in [-0.2, -0.15) is 0 Å². The molecule has 1 aromatic rings. The van der Waals surface area contributed by atoms with Gasteiger partial charge in [0.25, 0.3) is 0 Å². The van der Waals surface area contributed by atoms with Crippen LogP contribution in [0.2, 0.25) is 0 Å². The van der Waals surface area contributed by atoms with Crippen LogP contribution in [0, 0.1) is 5.82 Å². The Morgan fingerprint density at radius 3 is 2.25 bits per heavy atom. The van der Waals surface area contributed by atoms with E-state index in [0.29, 0.717) is 0 Å². The second-order valence-electron chi connectivity index (χ2n) is 2.81. The summed E-state index contributed by atoms with van der Waals surface area (Å²) in [5.41, 5.74) is 6.65. The van der Waals surface area contributed by atoms with E-state index in [-0.39, 0.29) is 24.3 Å². The van der Waals surface area contributed by atoms with Gasteiger partial charge in [0.15, 0.2) is 0 Å². The molecule has 12 heavy (non-hydrogen) atoms. The van der Waals surface area contributed by atoms with Gasteiger partial charge in [0.05, 0.1) is 0 Å². The van der Waals surface area contributed by atoms with Crippen molar-refractivity contribution in [2.45, 2.75) is 19.4 Å². The van der Waals surface area contributed by atoms with Crippen LogP contribution in [0.4, 0.5) is 4.39 Å². The summed E-state index contributed by atoms with van der Waals surface area (Å²) in [4.78, 5) is 0. The summed E-state index contributed by atoms with van der Waals surface area (Å²) in [5, 5.41) is 0. The largest absolute Gasteiger partial charge is 0.328 e. The van der Waals surface area contributed by atoms with Crippen molar-refractivity contribution in [1.29, 1.82) is 0 Å². The van der Waals surface area contributed by atoms with E-state index in [0.717, 1.165) is 12.0 Å². The molecule has 0 saturated heterocycles. The summed E-state index contributed by atoms with van der Waals surface area (Å²) in [6.45, 7) is 1.93. The Labute approximate surface area is 78.2 Å². The van der Waals surface area contributed by atoms with Gasteiger partial charge in [-0.15, -0.1) is 12.4 Å². The Hall–Kier alpha value is -0.600. The fraction of sp³-hybridized carbons (Fsp3) is 0.333. The minimum absolute atomic E-state index is 0. The van der Waals surface area contributed by atoms with Crippen molar-refractivity contribution in [1.82, 2.24) is 0 Å². The number of benzene rings is 1. The quantitative estimate of drug-likeness (QED) is 0.758. The highest BCUT2D eigenvalue weighted by molar-refractivity contribution is 5.85. The molecule has 0 aliphatic carbocycles. The second-order valence-corrected chi connectivity index (χ2v) is 2.81. The van der Waals surface area contributed by atoms with Crippen LogP contribution in [-0.2, 0) is 6.42 Å². The molecule has 2 N–H and O–H groups in total. The first-order valence-corrected chi connectivity index (χ1v) is 3.68. The number of rotatable bonds is 2. The number of nitrogens with two attached hydrogens (primary N) is 1. The SMILES string of the molecule is C[C@@H](N)Cc1ccc(F)cc1.Cl. The summed E-state index contributed by atoms with van der Waals surface area (Å²) in [6, 6.07) is 6.58. The summed E-state index contributed by atoms with van der Waals surface area (Å²) < 4.78 is 12.4.